The maximum atomic E-state index is 12.2. The summed E-state index contributed by atoms with van der Waals surface area (Å²) in [5.41, 5.74) is 0. The van der Waals surface area contributed by atoms with E-state index in [0.717, 1.165) is 12.1 Å². The van der Waals surface area contributed by atoms with Crippen molar-refractivity contribution in [2.24, 2.45) is 0 Å². The fourth-order valence-corrected chi connectivity index (χ4v) is 0.538. The van der Waals surface area contributed by atoms with E-state index in [0.29, 0.717) is 0 Å². The van der Waals surface area contributed by atoms with Crippen molar-refractivity contribution in [2.75, 3.05) is 0 Å². The van der Waals surface area contributed by atoms with Crippen LogP contribution in [0.1, 0.15) is 0 Å². The molecule has 0 saturated heterocycles. The van der Waals surface area contributed by atoms with Crippen LogP contribution < -0.4 is 17.0 Å². The first-order valence-electron chi connectivity index (χ1n) is 2.22. The van der Waals surface area contributed by atoms with Crippen molar-refractivity contribution in [1.29, 1.82) is 0 Å². The van der Waals surface area contributed by atoms with E-state index in [4.69, 9.17) is 11.6 Å². The van der Waals surface area contributed by atoms with E-state index in [9.17, 15) is 8.78 Å². The monoisotopic (exact) mass is 250 g/mol. The third-order valence-electron chi connectivity index (χ3n) is 0.839. The van der Waals surface area contributed by atoms with E-state index in [-0.39, 0.29) is 40.0 Å². The number of rotatable bonds is 0. The molecule has 0 fully saturated rings. The van der Waals surface area contributed by atoms with Gasteiger partial charge >= 0.3 is 23.1 Å². The molecule has 0 radical (unpaired) electrons. The molecule has 0 saturated carbocycles. The number of halogens is 4. The van der Waals surface area contributed by atoms with Crippen LogP contribution in [0.5, 0.6) is 0 Å². The van der Waals surface area contributed by atoms with E-state index in [2.05, 4.69) is 6.07 Å². The third kappa shape index (κ3) is 3.69. The van der Waals surface area contributed by atoms with Gasteiger partial charge in [-0.25, -0.2) is 0 Å². The predicted octanol–water partition coefficient (Wildman–Crippen LogP) is -0.958. The van der Waals surface area contributed by atoms with Crippen LogP contribution in [0.15, 0.2) is 12.1 Å². The van der Waals surface area contributed by atoms with Gasteiger partial charge in [-0.2, -0.15) is 6.07 Å². The molecule has 56 valence electrons. The summed E-state index contributed by atoms with van der Waals surface area (Å²) in [6.45, 7) is 0. The van der Waals surface area contributed by atoms with E-state index in [1.165, 1.54) is 0 Å². The van der Waals surface area contributed by atoms with Crippen LogP contribution >= 0.6 is 11.6 Å². The minimum Gasteiger partial charge on any atom is -1.00 e. The van der Waals surface area contributed by atoms with Gasteiger partial charge in [0.2, 0.25) is 0 Å². The standard InChI is InChI=1S/C6H2ClF2.BrH.Mg/c7-6-4(8)2-1-3-5(6)9;;/h2-3H;1H;/q-1;;+2/p-1. The topological polar surface area (TPSA) is 0 Å². The molecule has 0 aliphatic rings. The summed E-state index contributed by atoms with van der Waals surface area (Å²) in [7, 11) is 0. The third-order valence-corrected chi connectivity index (χ3v) is 1.20. The zero-order valence-corrected chi connectivity index (χ0v) is 9.13. The van der Waals surface area contributed by atoms with Crippen LogP contribution in [0, 0.1) is 17.7 Å². The number of hydrogen-bond acceptors (Lipinski definition) is 0. The van der Waals surface area contributed by atoms with Crippen molar-refractivity contribution < 1.29 is 25.8 Å². The van der Waals surface area contributed by atoms with Gasteiger partial charge in [0.15, 0.2) is 0 Å². The SMILES string of the molecule is Fc1c[c-]cc(F)c1Cl.[Br-].[Mg+2]. The number of benzene rings is 1. The van der Waals surface area contributed by atoms with Gasteiger partial charge in [-0.05, 0) is 0 Å². The average Bonchev–Trinajstić information content (AvgIpc) is 1.83. The van der Waals surface area contributed by atoms with Gasteiger partial charge in [0.05, 0.1) is 0 Å². The van der Waals surface area contributed by atoms with Gasteiger partial charge < -0.3 is 17.0 Å². The van der Waals surface area contributed by atoms with Crippen molar-refractivity contribution in [3.63, 3.8) is 0 Å². The Balaban J connectivity index is 0. The molecule has 0 atom stereocenters. The van der Waals surface area contributed by atoms with Crippen molar-refractivity contribution in [2.45, 2.75) is 0 Å². The molecular weight excluding hydrogens is 250 g/mol. The number of hydrogen-bond donors (Lipinski definition) is 0. The normalized spacial score (nSPS) is 7.91. The predicted molar refractivity (Wildman–Crippen MR) is 36.0 cm³/mol. The molecule has 1 rings (SSSR count). The van der Waals surface area contributed by atoms with E-state index < -0.39 is 16.7 Å². The zero-order valence-electron chi connectivity index (χ0n) is 5.37. The Bertz CT molecular complexity index is 212. The van der Waals surface area contributed by atoms with E-state index in [1.807, 2.05) is 0 Å². The van der Waals surface area contributed by atoms with E-state index in [1.54, 1.807) is 0 Å². The molecule has 1 aromatic rings. The van der Waals surface area contributed by atoms with E-state index >= 15 is 0 Å². The fraction of sp³-hybridized carbons (Fsp3) is 0. The molecule has 0 amide bonds. The molecule has 0 unspecified atom stereocenters. The molecular formula is C6H2BrClF2Mg. The molecule has 0 N–H and O–H groups in total. The van der Waals surface area contributed by atoms with Gasteiger partial charge in [-0.1, -0.05) is 0 Å². The summed E-state index contributed by atoms with van der Waals surface area (Å²) >= 11 is 5.11. The molecule has 11 heavy (non-hydrogen) atoms. The van der Waals surface area contributed by atoms with Gasteiger partial charge in [-0.15, -0.1) is 23.7 Å². The Kier molecular flexibility index (Phi) is 7.94. The second kappa shape index (κ2) is 6.17. The minimum atomic E-state index is -0.781. The van der Waals surface area contributed by atoms with Crippen LogP contribution in [0.2, 0.25) is 5.02 Å². The fourth-order valence-electron chi connectivity index (χ4n) is 0.429. The molecule has 1 aromatic carbocycles. The largest absolute Gasteiger partial charge is 2.00 e. The van der Waals surface area contributed by atoms with Crippen molar-refractivity contribution >= 4 is 34.7 Å². The summed E-state index contributed by atoms with van der Waals surface area (Å²) in [4.78, 5) is 0. The van der Waals surface area contributed by atoms with Gasteiger partial charge in [0, 0.05) is 16.7 Å². The molecule has 0 aliphatic carbocycles. The molecule has 0 aliphatic heterocycles. The Morgan fingerprint density at radius 3 is 1.82 bits per heavy atom. The Morgan fingerprint density at radius 2 is 1.55 bits per heavy atom. The van der Waals surface area contributed by atoms with Gasteiger partial charge in [0.1, 0.15) is 0 Å². The second-order valence-corrected chi connectivity index (χ2v) is 1.84. The maximum absolute atomic E-state index is 12.2. The molecule has 0 spiro atoms. The second-order valence-electron chi connectivity index (χ2n) is 1.47. The Hall–Kier alpha value is 0.616. The smallest absolute Gasteiger partial charge is 1.00 e. The molecule has 5 heteroatoms. The van der Waals surface area contributed by atoms with Crippen LogP contribution in [-0.4, -0.2) is 23.1 Å². The quantitative estimate of drug-likeness (QED) is 0.317. The Labute approximate surface area is 94.8 Å². The van der Waals surface area contributed by atoms with Crippen LogP contribution in [0.25, 0.3) is 0 Å². The van der Waals surface area contributed by atoms with Crippen LogP contribution in [0.4, 0.5) is 8.78 Å². The average molecular weight is 252 g/mol. The summed E-state index contributed by atoms with van der Waals surface area (Å²) in [5.74, 6) is -1.56. The molecule has 0 heterocycles. The van der Waals surface area contributed by atoms with Gasteiger partial charge in [-0.3, -0.25) is 8.78 Å². The summed E-state index contributed by atoms with van der Waals surface area (Å²) in [5, 5.41) is -0.478. The minimum absolute atomic E-state index is 0. The van der Waals surface area contributed by atoms with Crippen molar-refractivity contribution in [1.82, 2.24) is 0 Å². The molecule has 0 bridgehead atoms. The zero-order chi connectivity index (χ0) is 6.85. The van der Waals surface area contributed by atoms with Crippen LogP contribution in [-0.2, 0) is 0 Å². The summed E-state index contributed by atoms with van der Waals surface area (Å²) < 4.78 is 24.4. The van der Waals surface area contributed by atoms with Crippen molar-refractivity contribution in [3.05, 3.63) is 34.9 Å². The first-order valence-corrected chi connectivity index (χ1v) is 2.60. The molecule has 0 nitrogen and oxygen atoms in total. The first kappa shape index (κ1) is 14.2. The summed E-state index contributed by atoms with van der Waals surface area (Å²) in [6, 6.07) is 4.19. The van der Waals surface area contributed by atoms with Crippen LogP contribution in [0.3, 0.4) is 0 Å². The maximum Gasteiger partial charge on any atom is 2.00 e. The molecule has 0 aromatic heterocycles. The van der Waals surface area contributed by atoms with Crippen molar-refractivity contribution in [3.8, 4) is 0 Å². The summed E-state index contributed by atoms with van der Waals surface area (Å²) in [6.07, 6.45) is 0. The Morgan fingerprint density at radius 1 is 1.18 bits per heavy atom. The van der Waals surface area contributed by atoms with Gasteiger partial charge in [0.25, 0.3) is 0 Å². The first-order chi connectivity index (χ1) is 4.22.